The van der Waals surface area contributed by atoms with Crippen molar-refractivity contribution in [2.24, 2.45) is 0 Å². The molecule has 1 aromatic heterocycles. The second kappa shape index (κ2) is 4.66. The SMILES string of the molecule is O=C(Nc1ccc2c(c1)CCN2)c1cccc2[nH]ccc12. The van der Waals surface area contributed by atoms with Gasteiger partial charge in [-0.1, -0.05) is 6.07 Å². The third-order valence-electron chi connectivity index (χ3n) is 3.91. The molecule has 4 heteroatoms. The third-order valence-corrected chi connectivity index (χ3v) is 3.91. The van der Waals surface area contributed by atoms with Crippen LogP contribution in [0.15, 0.2) is 48.7 Å². The van der Waals surface area contributed by atoms with Gasteiger partial charge in [-0.15, -0.1) is 0 Å². The van der Waals surface area contributed by atoms with Crippen molar-refractivity contribution in [2.75, 3.05) is 17.2 Å². The largest absolute Gasteiger partial charge is 0.384 e. The van der Waals surface area contributed by atoms with Crippen LogP contribution < -0.4 is 10.6 Å². The van der Waals surface area contributed by atoms with Crippen LogP contribution in [0.5, 0.6) is 0 Å². The molecule has 0 bridgehead atoms. The maximum absolute atomic E-state index is 12.5. The minimum Gasteiger partial charge on any atom is -0.384 e. The Morgan fingerprint density at radius 3 is 3.05 bits per heavy atom. The van der Waals surface area contributed by atoms with E-state index < -0.39 is 0 Å². The van der Waals surface area contributed by atoms with Gasteiger partial charge in [0.05, 0.1) is 0 Å². The first-order valence-corrected chi connectivity index (χ1v) is 7.05. The summed E-state index contributed by atoms with van der Waals surface area (Å²) in [5.74, 6) is -0.0777. The van der Waals surface area contributed by atoms with Gasteiger partial charge in [0.15, 0.2) is 0 Å². The van der Waals surface area contributed by atoms with Crippen LogP contribution in [0.4, 0.5) is 11.4 Å². The molecule has 104 valence electrons. The molecule has 1 aliphatic heterocycles. The maximum atomic E-state index is 12.5. The first-order chi connectivity index (χ1) is 10.3. The lowest BCUT2D eigenvalue weighted by molar-refractivity contribution is 0.102. The van der Waals surface area contributed by atoms with Crippen LogP contribution in [0.25, 0.3) is 10.9 Å². The van der Waals surface area contributed by atoms with E-state index in [4.69, 9.17) is 0 Å². The highest BCUT2D eigenvalue weighted by Crippen LogP contribution is 2.26. The van der Waals surface area contributed by atoms with Gasteiger partial charge >= 0.3 is 0 Å². The molecule has 0 atom stereocenters. The Hall–Kier alpha value is -2.75. The van der Waals surface area contributed by atoms with Crippen LogP contribution in [0.1, 0.15) is 15.9 Å². The Bertz CT molecular complexity index is 835. The van der Waals surface area contributed by atoms with Gasteiger partial charge < -0.3 is 15.6 Å². The predicted octanol–water partition coefficient (Wildman–Crippen LogP) is 3.39. The quantitative estimate of drug-likeness (QED) is 0.672. The zero-order valence-electron chi connectivity index (χ0n) is 11.4. The fraction of sp³-hybridized carbons (Fsp3) is 0.118. The molecule has 0 saturated heterocycles. The van der Waals surface area contributed by atoms with Gasteiger partial charge in [-0.3, -0.25) is 4.79 Å². The number of rotatable bonds is 2. The summed E-state index contributed by atoms with van der Waals surface area (Å²) < 4.78 is 0. The molecule has 0 spiro atoms. The van der Waals surface area contributed by atoms with Crippen LogP contribution in [0.3, 0.4) is 0 Å². The fourth-order valence-corrected chi connectivity index (χ4v) is 2.86. The zero-order chi connectivity index (χ0) is 14.2. The molecule has 1 amide bonds. The fourth-order valence-electron chi connectivity index (χ4n) is 2.86. The number of aromatic amines is 1. The number of H-pyrrole nitrogens is 1. The van der Waals surface area contributed by atoms with Crippen molar-refractivity contribution < 1.29 is 4.79 Å². The summed E-state index contributed by atoms with van der Waals surface area (Å²) in [6.45, 7) is 0.968. The van der Waals surface area contributed by atoms with Crippen molar-refractivity contribution in [2.45, 2.75) is 6.42 Å². The highest BCUT2D eigenvalue weighted by Gasteiger charge is 2.13. The summed E-state index contributed by atoms with van der Waals surface area (Å²) >= 11 is 0. The van der Waals surface area contributed by atoms with E-state index in [2.05, 4.69) is 15.6 Å². The molecular formula is C17H15N3O. The van der Waals surface area contributed by atoms with E-state index in [0.29, 0.717) is 5.56 Å². The lowest BCUT2D eigenvalue weighted by Crippen LogP contribution is -2.12. The summed E-state index contributed by atoms with van der Waals surface area (Å²) in [4.78, 5) is 15.6. The second-order valence-electron chi connectivity index (χ2n) is 5.25. The van der Waals surface area contributed by atoms with Crippen LogP contribution in [0, 0.1) is 0 Å². The zero-order valence-corrected chi connectivity index (χ0v) is 11.4. The van der Waals surface area contributed by atoms with Crippen molar-refractivity contribution in [3.05, 3.63) is 59.8 Å². The number of hydrogen-bond donors (Lipinski definition) is 3. The summed E-state index contributed by atoms with van der Waals surface area (Å²) in [6.07, 6.45) is 2.86. The monoisotopic (exact) mass is 277 g/mol. The van der Waals surface area contributed by atoms with Gasteiger partial charge in [-0.2, -0.15) is 0 Å². The summed E-state index contributed by atoms with van der Waals surface area (Å²) in [7, 11) is 0. The van der Waals surface area contributed by atoms with Crippen molar-refractivity contribution in [1.29, 1.82) is 0 Å². The minimum absolute atomic E-state index is 0.0777. The van der Waals surface area contributed by atoms with Gasteiger partial charge in [0, 0.05) is 40.6 Å². The Labute approximate surface area is 122 Å². The number of carbonyl (C=O) groups excluding carboxylic acids is 1. The number of benzene rings is 2. The van der Waals surface area contributed by atoms with Crippen molar-refractivity contribution in [3.8, 4) is 0 Å². The van der Waals surface area contributed by atoms with E-state index in [0.717, 1.165) is 29.6 Å². The maximum Gasteiger partial charge on any atom is 0.256 e. The molecule has 3 aromatic rings. The summed E-state index contributed by atoms with van der Waals surface area (Å²) in [5.41, 5.74) is 4.93. The second-order valence-corrected chi connectivity index (χ2v) is 5.25. The van der Waals surface area contributed by atoms with Crippen LogP contribution in [-0.4, -0.2) is 17.4 Å². The van der Waals surface area contributed by atoms with E-state index in [1.807, 2.05) is 48.7 Å². The molecule has 0 saturated carbocycles. The number of carbonyl (C=O) groups is 1. The lowest BCUT2D eigenvalue weighted by atomic mass is 10.1. The smallest absolute Gasteiger partial charge is 0.256 e. The molecular weight excluding hydrogens is 262 g/mol. The number of fused-ring (bicyclic) bond motifs is 2. The topological polar surface area (TPSA) is 56.9 Å². The summed E-state index contributed by atoms with van der Waals surface area (Å²) in [6, 6.07) is 13.6. The molecule has 0 aliphatic carbocycles. The third kappa shape index (κ3) is 2.05. The standard InChI is InChI=1S/C17H15N3O/c21-17(14-2-1-3-16-13(14)7-9-19-16)20-12-4-5-15-11(10-12)6-8-18-15/h1-5,7,9-10,18-19H,6,8H2,(H,20,21). The van der Waals surface area contributed by atoms with Gasteiger partial charge in [0.1, 0.15) is 0 Å². The Morgan fingerprint density at radius 2 is 2.10 bits per heavy atom. The van der Waals surface area contributed by atoms with Crippen LogP contribution in [-0.2, 0) is 6.42 Å². The molecule has 2 aromatic carbocycles. The molecule has 21 heavy (non-hydrogen) atoms. The normalized spacial score (nSPS) is 13.0. The Kier molecular flexibility index (Phi) is 2.67. The number of hydrogen-bond acceptors (Lipinski definition) is 2. The van der Waals surface area contributed by atoms with Crippen molar-refractivity contribution in [3.63, 3.8) is 0 Å². The van der Waals surface area contributed by atoms with Gasteiger partial charge in [0.25, 0.3) is 5.91 Å². The molecule has 4 rings (SSSR count). The molecule has 0 unspecified atom stereocenters. The highest BCUT2D eigenvalue weighted by atomic mass is 16.1. The predicted molar refractivity (Wildman–Crippen MR) is 84.9 cm³/mol. The average molecular weight is 277 g/mol. The lowest BCUT2D eigenvalue weighted by Gasteiger charge is -2.08. The number of nitrogens with one attached hydrogen (secondary N) is 3. The molecule has 2 heterocycles. The van der Waals surface area contributed by atoms with Gasteiger partial charge in [-0.25, -0.2) is 0 Å². The Morgan fingerprint density at radius 1 is 1.14 bits per heavy atom. The van der Waals surface area contributed by atoms with E-state index in [9.17, 15) is 4.79 Å². The Balaban J connectivity index is 1.65. The molecule has 0 fully saturated rings. The van der Waals surface area contributed by atoms with E-state index in [1.165, 1.54) is 11.3 Å². The average Bonchev–Trinajstić information content (AvgIpc) is 3.14. The molecule has 4 nitrogen and oxygen atoms in total. The van der Waals surface area contributed by atoms with E-state index >= 15 is 0 Å². The van der Waals surface area contributed by atoms with Gasteiger partial charge in [-0.05, 0) is 48.4 Å². The van der Waals surface area contributed by atoms with E-state index in [-0.39, 0.29) is 5.91 Å². The highest BCUT2D eigenvalue weighted by molar-refractivity contribution is 6.12. The van der Waals surface area contributed by atoms with Crippen LogP contribution in [0.2, 0.25) is 0 Å². The summed E-state index contributed by atoms with van der Waals surface area (Å²) in [5, 5.41) is 7.25. The van der Waals surface area contributed by atoms with Crippen LogP contribution >= 0.6 is 0 Å². The molecule has 3 N–H and O–H groups in total. The van der Waals surface area contributed by atoms with Crippen molar-refractivity contribution >= 4 is 28.2 Å². The number of aromatic nitrogens is 1. The molecule has 1 aliphatic rings. The minimum atomic E-state index is -0.0777. The van der Waals surface area contributed by atoms with Crippen molar-refractivity contribution in [1.82, 2.24) is 4.98 Å². The van der Waals surface area contributed by atoms with E-state index in [1.54, 1.807) is 0 Å². The first-order valence-electron chi connectivity index (χ1n) is 7.05. The van der Waals surface area contributed by atoms with Gasteiger partial charge in [0.2, 0.25) is 0 Å². The first kappa shape index (κ1) is 12.0. The molecule has 0 radical (unpaired) electrons. The number of anilines is 2. The number of amides is 1.